The van der Waals surface area contributed by atoms with Gasteiger partial charge in [-0.2, -0.15) is 11.8 Å². The number of rotatable bonds is 6. The molecule has 0 heterocycles. The van der Waals surface area contributed by atoms with Gasteiger partial charge in [0.25, 0.3) is 0 Å². The second-order valence-corrected chi connectivity index (χ2v) is 5.49. The number of nitrogens with one attached hydrogen (secondary N) is 1. The molecular formula is C12H18BrNS. The fourth-order valence-corrected chi connectivity index (χ4v) is 2.41. The molecule has 15 heavy (non-hydrogen) atoms. The summed E-state index contributed by atoms with van der Waals surface area (Å²) in [6, 6.07) is 8.67. The maximum Gasteiger partial charge on any atom is 0.0175 e. The zero-order valence-corrected chi connectivity index (χ0v) is 11.7. The van der Waals surface area contributed by atoms with Gasteiger partial charge in [0.15, 0.2) is 0 Å². The fraction of sp³-hybridized carbons (Fsp3) is 0.500. The van der Waals surface area contributed by atoms with E-state index >= 15 is 0 Å². The molecule has 0 aliphatic rings. The van der Waals surface area contributed by atoms with Crippen LogP contribution in [0.4, 0.5) is 0 Å². The molecule has 0 bridgehead atoms. The second kappa shape index (κ2) is 7.31. The van der Waals surface area contributed by atoms with Crippen LogP contribution in [0.3, 0.4) is 0 Å². The highest BCUT2D eigenvalue weighted by Gasteiger charge is 2.09. The van der Waals surface area contributed by atoms with Gasteiger partial charge >= 0.3 is 0 Å². The van der Waals surface area contributed by atoms with Gasteiger partial charge in [-0.15, -0.1) is 0 Å². The van der Waals surface area contributed by atoms with Crippen LogP contribution in [0.1, 0.15) is 17.9 Å². The van der Waals surface area contributed by atoms with Crippen LogP contribution in [0.5, 0.6) is 0 Å². The highest BCUT2D eigenvalue weighted by atomic mass is 79.9. The molecule has 1 unspecified atom stereocenters. The Morgan fingerprint density at radius 3 is 2.53 bits per heavy atom. The van der Waals surface area contributed by atoms with Crippen LogP contribution in [0.15, 0.2) is 28.7 Å². The van der Waals surface area contributed by atoms with Crippen molar-refractivity contribution in [1.82, 2.24) is 5.32 Å². The first-order valence-electron chi connectivity index (χ1n) is 5.17. The summed E-state index contributed by atoms with van der Waals surface area (Å²) < 4.78 is 1.15. The molecule has 1 aromatic carbocycles. The quantitative estimate of drug-likeness (QED) is 0.859. The average molecular weight is 288 g/mol. The number of halogens is 1. The number of hydrogen-bond acceptors (Lipinski definition) is 2. The molecule has 1 atom stereocenters. The van der Waals surface area contributed by atoms with Crippen molar-refractivity contribution >= 4 is 27.7 Å². The molecule has 1 nitrogen and oxygen atoms in total. The Bertz CT molecular complexity index is 273. The molecule has 0 saturated heterocycles. The zero-order valence-electron chi connectivity index (χ0n) is 9.29. The first-order chi connectivity index (χ1) is 7.27. The van der Waals surface area contributed by atoms with Crippen molar-refractivity contribution in [2.75, 3.05) is 25.6 Å². The summed E-state index contributed by atoms with van der Waals surface area (Å²) in [5.74, 6) is 1.86. The van der Waals surface area contributed by atoms with Gasteiger partial charge in [0.1, 0.15) is 0 Å². The van der Waals surface area contributed by atoms with Crippen LogP contribution in [0.2, 0.25) is 0 Å². The van der Waals surface area contributed by atoms with Gasteiger partial charge in [-0.1, -0.05) is 28.1 Å². The van der Waals surface area contributed by atoms with Crippen molar-refractivity contribution in [1.29, 1.82) is 0 Å². The lowest BCUT2D eigenvalue weighted by Gasteiger charge is -2.16. The summed E-state index contributed by atoms with van der Waals surface area (Å²) >= 11 is 5.38. The molecule has 1 rings (SSSR count). The Morgan fingerprint density at radius 1 is 1.33 bits per heavy atom. The van der Waals surface area contributed by atoms with Gasteiger partial charge < -0.3 is 5.32 Å². The standard InChI is InChI=1S/C12H18BrNS/c1-14-9-11(7-8-15-2)10-3-5-12(13)6-4-10/h3-6,11,14H,7-9H2,1-2H3. The highest BCUT2D eigenvalue weighted by Crippen LogP contribution is 2.22. The van der Waals surface area contributed by atoms with Gasteiger partial charge in [0.2, 0.25) is 0 Å². The van der Waals surface area contributed by atoms with Crippen LogP contribution in [-0.2, 0) is 0 Å². The summed E-state index contributed by atoms with van der Waals surface area (Å²) in [5.41, 5.74) is 1.43. The molecule has 0 aliphatic carbocycles. The van der Waals surface area contributed by atoms with E-state index in [-0.39, 0.29) is 0 Å². The van der Waals surface area contributed by atoms with E-state index in [0.29, 0.717) is 5.92 Å². The van der Waals surface area contributed by atoms with Crippen LogP contribution in [-0.4, -0.2) is 25.6 Å². The lowest BCUT2D eigenvalue weighted by Crippen LogP contribution is -2.17. The first-order valence-corrected chi connectivity index (χ1v) is 7.35. The van der Waals surface area contributed by atoms with Crippen LogP contribution in [0, 0.1) is 0 Å². The molecule has 0 radical (unpaired) electrons. The van der Waals surface area contributed by atoms with Crippen molar-refractivity contribution in [2.24, 2.45) is 0 Å². The SMILES string of the molecule is CNCC(CCSC)c1ccc(Br)cc1. The predicted molar refractivity (Wildman–Crippen MR) is 73.8 cm³/mol. The first kappa shape index (κ1) is 13.1. The molecule has 0 saturated carbocycles. The lowest BCUT2D eigenvalue weighted by atomic mass is 9.96. The summed E-state index contributed by atoms with van der Waals surface area (Å²) in [7, 11) is 2.02. The van der Waals surface area contributed by atoms with Crippen LogP contribution >= 0.6 is 27.7 Å². The van der Waals surface area contributed by atoms with Gasteiger partial charge in [0, 0.05) is 11.0 Å². The zero-order chi connectivity index (χ0) is 11.1. The summed E-state index contributed by atoms with van der Waals surface area (Å²) in [4.78, 5) is 0. The molecule has 0 fully saturated rings. The van der Waals surface area contributed by atoms with Crippen molar-refractivity contribution < 1.29 is 0 Å². The molecule has 0 spiro atoms. The molecule has 0 aromatic heterocycles. The van der Waals surface area contributed by atoms with E-state index in [1.165, 1.54) is 17.7 Å². The van der Waals surface area contributed by atoms with E-state index in [0.717, 1.165) is 11.0 Å². The monoisotopic (exact) mass is 287 g/mol. The summed E-state index contributed by atoms with van der Waals surface area (Å²) in [5, 5.41) is 3.27. The van der Waals surface area contributed by atoms with E-state index in [1.54, 1.807) is 0 Å². The fourth-order valence-electron chi connectivity index (χ4n) is 1.63. The van der Waals surface area contributed by atoms with Crippen LogP contribution in [0.25, 0.3) is 0 Å². The normalized spacial score (nSPS) is 12.7. The van der Waals surface area contributed by atoms with E-state index in [9.17, 15) is 0 Å². The third-order valence-corrected chi connectivity index (χ3v) is 3.63. The third-order valence-electron chi connectivity index (χ3n) is 2.46. The molecular weight excluding hydrogens is 270 g/mol. The number of benzene rings is 1. The van der Waals surface area contributed by atoms with Crippen LogP contribution < -0.4 is 5.32 Å². The molecule has 3 heteroatoms. The van der Waals surface area contributed by atoms with Crippen molar-refractivity contribution in [3.05, 3.63) is 34.3 Å². The van der Waals surface area contributed by atoms with E-state index in [2.05, 4.69) is 51.8 Å². The molecule has 1 N–H and O–H groups in total. The Labute approximate surface area is 105 Å². The lowest BCUT2D eigenvalue weighted by molar-refractivity contribution is 0.616. The molecule has 0 amide bonds. The summed E-state index contributed by atoms with van der Waals surface area (Å²) in [6.07, 6.45) is 3.40. The predicted octanol–water partition coefficient (Wildman–Crippen LogP) is 3.51. The van der Waals surface area contributed by atoms with E-state index in [4.69, 9.17) is 0 Å². The minimum absolute atomic E-state index is 0.635. The van der Waals surface area contributed by atoms with Gasteiger partial charge in [-0.25, -0.2) is 0 Å². The Morgan fingerprint density at radius 2 is 2.00 bits per heavy atom. The minimum Gasteiger partial charge on any atom is -0.319 e. The Balaban J connectivity index is 2.65. The number of likely N-dealkylation sites (N-methyl/N-ethyl adjacent to an activating group) is 1. The van der Waals surface area contributed by atoms with E-state index in [1.807, 2.05) is 18.8 Å². The minimum atomic E-state index is 0.635. The largest absolute Gasteiger partial charge is 0.319 e. The van der Waals surface area contributed by atoms with Crippen molar-refractivity contribution in [2.45, 2.75) is 12.3 Å². The molecule has 1 aromatic rings. The number of hydrogen-bond donors (Lipinski definition) is 1. The second-order valence-electron chi connectivity index (χ2n) is 3.59. The maximum absolute atomic E-state index is 3.47. The maximum atomic E-state index is 3.47. The average Bonchev–Trinajstić information content (AvgIpc) is 2.25. The van der Waals surface area contributed by atoms with Crippen molar-refractivity contribution in [3.8, 4) is 0 Å². The number of thioether (sulfide) groups is 1. The topological polar surface area (TPSA) is 12.0 Å². The van der Waals surface area contributed by atoms with E-state index < -0.39 is 0 Å². The van der Waals surface area contributed by atoms with Gasteiger partial charge in [0.05, 0.1) is 0 Å². The third kappa shape index (κ3) is 4.58. The van der Waals surface area contributed by atoms with Gasteiger partial charge in [-0.05, 0) is 49.1 Å². The molecule has 0 aliphatic heterocycles. The summed E-state index contributed by atoms with van der Waals surface area (Å²) in [6.45, 7) is 1.06. The highest BCUT2D eigenvalue weighted by molar-refractivity contribution is 9.10. The van der Waals surface area contributed by atoms with Crippen molar-refractivity contribution in [3.63, 3.8) is 0 Å². The Hall–Kier alpha value is 0.01000. The Kier molecular flexibility index (Phi) is 6.37. The van der Waals surface area contributed by atoms with Gasteiger partial charge in [-0.3, -0.25) is 0 Å². The molecule has 84 valence electrons. The smallest absolute Gasteiger partial charge is 0.0175 e.